The van der Waals surface area contributed by atoms with Gasteiger partial charge in [0, 0.05) is 5.56 Å². The summed E-state index contributed by atoms with van der Waals surface area (Å²) in [5.41, 5.74) is 1.22. The van der Waals surface area contributed by atoms with Crippen LogP contribution in [-0.2, 0) is 0 Å². The number of halogens is 1. The molecule has 6 heteroatoms. The zero-order valence-corrected chi connectivity index (χ0v) is 11.5. The molecule has 0 aliphatic carbocycles. The van der Waals surface area contributed by atoms with Crippen molar-refractivity contribution in [3.05, 3.63) is 64.7 Å². The van der Waals surface area contributed by atoms with Crippen molar-refractivity contribution >= 4 is 27.2 Å². The molecule has 4 aromatic rings. The van der Waals surface area contributed by atoms with Crippen molar-refractivity contribution in [2.24, 2.45) is 0 Å². The van der Waals surface area contributed by atoms with Crippen molar-refractivity contribution in [2.45, 2.75) is 0 Å². The second kappa shape index (κ2) is 4.46. The summed E-state index contributed by atoms with van der Waals surface area (Å²) >= 11 is 1.30. The summed E-state index contributed by atoms with van der Waals surface area (Å²) in [6, 6.07) is 13.2. The number of hydrogen-bond donors (Lipinski definition) is 0. The average molecular weight is 297 g/mol. The second-order valence-corrected chi connectivity index (χ2v) is 5.50. The lowest BCUT2D eigenvalue weighted by molar-refractivity contribution is 0.628. The number of hydrogen-bond acceptors (Lipinski definition) is 4. The van der Waals surface area contributed by atoms with Crippen LogP contribution in [0.4, 0.5) is 4.39 Å². The monoisotopic (exact) mass is 297 g/mol. The van der Waals surface area contributed by atoms with Gasteiger partial charge in [0.2, 0.25) is 4.96 Å². The number of nitrogens with zero attached hydrogens (tertiary/aromatic N) is 3. The van der Waals surface area contributed by atoms with Gasteiger partial charge in [-0.2, -0.15) is 9.61 Å². The SMILES string of the molecule is O=c1c2ccccc2nc2sc(-c3ccc(F)cc3)nn12. The molecule has 4 rings (SSSR count). The van der Waals surface area contributed by atoms with Crippen LogP contribution in [0.5, 0.6) is 0 Å². The van der Waals surface area contributed by atoms with Crippen LogP contribution < -0.4 is 5.56 Å². The van der Waals surface area contributed by atoms with E-state index in [9.17, 15) is 9.18 Å². The van der Waals surface area contributed by atoms with E-state index in [-0.39, 0.29) is 11.4 Å². The first-order valence-electron chi connectivity index (χ1n) is 6.27. The van der Waals surface area contributed by atoms with Gasteiger partial charge in [0.1, 0.15) is 10.8 Å². The van der Waals surface area contributed by atoms with E-state index in [2.05, 4.69) is 10.1 Å². The third-order valence-electron chi connectivity index (χ3n) is 3.19. The fourth-order valence-electron chi connectivity index (χ4n) is 2.16. The highest BCUT2D eigenvalue weighted by molar-refractivity contribution is 7.19. The lowest BCUT2D eigenvalue weighted by Gasteiger charge is -1.95. The molecule has 0 aliphatic heterocycles. The molecular weight excluding hydrogens is 289 g/mol. The third kappa shape index (κ3) is 1.92. The Bertz CT molecular complexity index is 1020. The normalized spacial score (nSPS) is 11.3. The molecule has 2 heterocycles. The molecule has 0 aliphatic rings. The average Bonchev–Trinajstić information content (AvgIpc) is 2.92. The summed E-state index contributed by atoms with van der Waals surface area (Å²) in [7, 11) is 0. The van der Waals surface area contributed by atoms with Gasteiger partial charge in [0.05, 0.1) is 10.9 Å². The van der Waals surface area contributed by atoms with E-state index in [0.29, 0.717) is 20.9 Å². The molecule has 0 fully saturated rings. The summed E-state index contributed by atoms with van der Waals surface area (Å²) in [6.45, 7) is 0. The van der Waals surface area contributed by atoms with E-state index >= 15 is 0 Å². The summed E-state index contributed by atoms with van der Waals surface area (Å²) in [5, 5.41) is 5.47. The Morgan fingerprint density at radius 3 is 2.62 bits per heavy atom. The maximum absolute atomic E-state index is 13.0. The van der Waals surface area contributed by atoms with Crippen molar-refractivity contribution in [3.8, 4) is 10.6 Å². The first kappa shape index (κ1) is 12.2. The molecule has 0 saturated carbocycles. The van der Waals surface area contributed by atoms with Gasteiger partial charge in [-0.05, 0) is 36.4 Å². The zero-order chi connectivity index (χ0) is 14.4. The van der Waals surface area contributed by atoms with Gasteiger partial charge >= 0.3 is 0 Å². The number of fused-ring (bicyclic) bond motifs is 2. The number of aromatic nitrogens is 3. The Morgan fingerprint density at radius 2 is 1.81 bits per heavy atom. The molecule has 0 atom stereocenters. The lowest BCUT2D eigenvalue weighted by Crippen LogP contribution is -2.14. The van der Waals surface area contributed by atoms with Crippen LogP contribution in [0.1, 0.15) is 0 Å². The third-order valence-corrected chi connectivity index (χ3v) is 4.15. The zero-order valence-electron chi connectivity index (χ0n) is 10.7. The van der Waals surface area contributed by atoms with E-state index in [4.69, 9.17) is 0 Å². The van der Waals surface area contributed by atoms with E-state index < -0.39 is 0 Å². The molecule has 0 bridgehead atoms. The van der Waals surface area contributed by atoms with Gasteiger partial charge in [-0.1, -0.05) is 23.5 Å². The maximum atomic E-state index is 13.0. The van der Waals surface area contributed by atoms with Crippen LogP contribution in [0, 0.1) is 5.82 Å². The van der Waals surface area contributed by atoms with E-state index in [1.807, 2.05) is 6.07 Å². The van der Waals surface area contributed by atoms with E-state index in [1.54, 1.807) is 30.3 Å². The summed E-state index contributed by atoms with van der Waals surface area (Å²) in [4.78, 5) is 17.4. The summed E-state index contributed by atoms with van der Waals surface area (Å²) in [6.07, 6.45) is 0. The smallest absolute Gasteiger partial charge is 0.267 e. The van der Waals surface area contributed by atoms with E-state index in [1.165, 1.54) is 28.0 Å². The van der Waals surface area contributed by atoms with Gasteiger partial charge in [-0.15, -0.1) is 0 Å². The molecular formula is C15H8FN3OS. The van der Waals surface area contributed by atoms with Gasteiger partial charge in [-0.3, -0.25) is 4.79 Å². The molecule has 21 heavy (non-hydrogen) atoms. The topological polar surface area (TPSA) is 47.3 Å². The van der Waals surface area contributed by atoms with Gasteiger partial charge < -0.3 is 0 Å². The van der Waals surface area contributed by atoms with Crippen LogP contribution >= 0.6 is 11.3 Å². The standard InChI is InChI=1S/C15H8FN3OS/c16-10-7-5-9(6-8-10)13-18-19-14(20)11-3-1-2-4-12(11)17-15(19)21-13/h1-8H. The van der Waals surface area contributed by atoms with Crippen LogP contribution in [0.3, 0.4) is 0 Å². The van der Waals surface area contributed by atoms with Crippen LogP contribution in [0.25, 0.3) is 26.4 Å². The Hall–Kier alpha value is -2.60. The highest BCUT2D eigenvalue weighted by Crippen LogP contribution is 2.25. The quantitative estimate of drug-likeness (QED) is 0.542. The first-order valence-corrected chi connectivity index (χ1v) is 7.08. The van der Waals surface area contributed by atoms with Crippen molar-refractivity contribution < 1.29 is 4.39 Å². The molecule has 2 aromatic heterocycles. The van der Waals surface area contributed by atoms with Crippen LogP contribution in [-0.4, -0.2) is 14.6 Å². The molecule has 0 unspecified atom stereocenters. The van der Waals surface area contributed by atoms with E-state index in [0.717, 1.165) is 5.56 Å². The number of benzene rings is 2. The molecule has 4 nitrogen and oxygen atoms in total. The Kier molecular flexibility index (Phi) is 2.58. The fraction of sp³-hybridized carbons (Fsp3) is 0. The van der Waals surface area contributed by atoms with Gasteiger partial charge in [0.25, 0.3) is 5.56 Å². The minimum atomic E-state index is -0.305. The predicted molar refractivity (Wildman–Crippen MR) is 80.0 cm³/mol. The number of rotatable bonds is 1. The van der Waals surface area contributed by atoms with Crippen molar-refractivity contribution in [3.63, 3.8) is 0 Å². The highest BCUT2D eigenvalue weighted by atomic mass is 32.1. The van der Waals surface area contributed by atoms with Crippen LogP contribution in [0.15, 0.2) is 53.3 Å². The van der Waals surface area contributed by atoms with Gasteiger partial charge in [0.15, 0.2) is 0 Å². The Morgan fingerprint density at radius 1 is 1.05 bits per heavy atom. The van der Waals surface area contributed by atoms with Crippen molar-refractivity contribution in [1.29, 1.82) is 0 Å². The number of para-hydroxylation sites is 1. The largest absolute Gasteiger partial charge is 0.283 e. The highest BCUT2D eigenvalue weighted by Gasteiger charge is 2.11. The molecule has 102 valence electrons. The predicted octanol–water partition coefficient (Wildman–Crippen LogP) is 3.11. The Labute approximate surface area is 122 Å². The fourth-order valence-corrected chi connectivity index (χ4v) is 3.07. The minimum absolute atomic E-state index is 0.194. The molecule has 0 saturated heterocycles. The summed E-state index contributed by atoms with van der Waals surface area (Å²) in [5.74, 6) is -0.305. The molecule has 0 amide bonds. The maximum Gasteiger partial charge on any atom is 0.283 e. The second-order valence-electron chi connectivity index (χ2n) is 4.54. The van der Waals surface area contributed by atoms with Crippen molar-refractivity contribution in [2.75, 3.05) is 0 Å². The van der Waals surface area contributed by atoms with Gasteiger partial charge in [-0.25, -0.2) is 9.37 Å². The minimum Gasteiger partial charge on any atom is -0.267 e. The van der Waals surface area contributed by atoms with Crippen molar-refractivity contribution in [1.82, 2.24) is 14.6 Å². The first-order chi connectivity index (χ1) is 10.2. The molecule has 0 spiro atoms. The molecule has 0 N–H and O–H groups in total. The van der Waals surface area contributed by atoms with Crippen LogP contribution in [0.2, 0.25) is 0 Å². The Balaban J connectivity index is 2.01. The molecule has 0 radical (unpaired) electrons. The summed E-state index contributed by atoms with van der Waals surface area (Å²) < 4.78 is 14.3. The lowest BCUT2D eigenvalue weighted by atomic mass is 10.2. The molecule has 2 aromatic carbocycles.